The summed E-state index contributed by atoms with van der Waals surface area (Å²) in [6.45, 7) is 5.22. The lowest BCUT2D eigenvalue weighted by molar-refractivity contribution is 0.0520. The Labute approximate surface area is 139 Å². The number of aromatic amines is 1. The number of hydrogen-bond donors (Lipinski definition) is 2. The number of rotatable bonds is 4. The zero-order chi connectivity index (χ0) is 17.1. The zero-order valence-electron chi connectivity index (χ0n) is 13.7. The molecule has 0 saturated carbocycles. The maximum atomic E-state index is 12.8. The van der Waals surface area contributed by atoms with Gasteiger partial charge in [-0.3, -0.25) is 14.5 Å². The van der Waals surface area contributed by atoms with Crippen molar-refractivity contribution in [2.45, 2.75) is 19.4 Å². The first-order chi connectivity index (χ1) is 11.6. The minimum atomic E-state index is -0.322. The zero-order valence-corrected chi connectivity index (χ0v) is 13.7. The summed E-state index contributed by atoms with van der Waals surface area (Å²) in [4.78, 5) is 28.5. The summed E-state index contributed by atoms with van der Waals surface area (Å²) in [6, 6.07) is 7.00. The maximum absolute atomic E-state index is 12.8. The van der Waals surface area contributed by atoms with Crippen molar-refractivity contribution in [3.63, 3.8) is 0 Å². The van der Waals surface area contributed by atoms with Crippen molar-refractivity contribution >= 4 is 16.7 Å². The van der Waals surface area contributed by atoms with Gasteiger partial charge in [-0.2, -0.15) is 5.10 Å². The normalized spacial score (nSPS) is 17.2. The van der Waals surface area contributed by atoms with Gasteiger partial charge in [0.15, 0.2) is 5.69 Å². The van der Waals surface area contributed by atoms with Gasteiger partial charge >= 0.3 is 0 Å². The second-order valence-corrected chi connectivity index (χ2v) is 6.10. The Kier molecular flexibility index (Phi) is 4.92. The van der Waals surface area contributed by atoms with Crippen LogP contribution < -0.4 is 5.56 Å². The number of carbonyl (C=O) groups excluding carboxylic acids is 1. The molecule has 2 N–H and O–H groups in total. The van der Waals surface area contributed by atoms with Crippen LogP contribution >= 0.6 is 0 Å². The molecule has 2 heterocycles. The Morgan fingerprint density at radius 1 is 1.25 bits per heavy atom. The van der Waals surface area contributed by atoms with Crippen LogP contribution in [0.3, 0.4) is 0 Å². The van der Waals surface area contributed by atoms with Gasteiger partial charge in [0, 0.05) is 38.1 Å². The number of aromatic nitrogens is 2. The molecule has 1 aromatic carbocycles. The molecular formula is C17H22N4O3. The lowest BCUT2D eigenvalue weighted by Gasteiger charge is -2.35. The van der Waals surface area contributed by atoms with Crippen LogP contribution in [-0.2, 0) is 0 Å². The lowest BCUT2D eigenvalue weighted by Crippen LogP contribution is -2.50. The number of aliphatic hydroxyl groups excluding tert-OH is 1. The highest BCUT2D eigenvalue weighted by molar-refractivity contribution is 6.04. The maximum Gasteiger partial charge on any atom is 0.275 e. The van der Waals surface area contributed by atoms with E-state index in [1.807, 2.05) is 6.92 Å². The summed E-state index contributed by atoms with van der Waals surface area (Å²) >= 11 is 0. The van der Waals surface area contributed by atoms with E-state index in [0.29, 0.717) is 30.4 Å². The molecule has 1 amide bonds. The number of benzene rings is 1. The predicted octanol–water partition coefficient (Wildman–Crippen LogP) is 0.452. The largest absolute Gasteiger partial charge is 0.392 e. The standard InChI is InChI=1S/C17H22N4O3/c1-2-12(22)11-20-7-9-21(10-8-20)17(24)15-13-5-3-4-6-14(13)16(23)19-18-15/h3-6,12,22H,2,7-11H2,1H3,(H,19,23). The molecule has 128 valence electrons. The van der Waals surface area contributed by atoms with Gasteiger partial charge in [0.1, 0.15) is 0 Å². The van der Waals surface area contributed by atoms with Crippen molar-refractivity contribution in [3.8, 4) is 0 Å². The van der Waals surface area contributed by atoms with Crippen LogP contribution in [0.2, 0.25) is 0 Å². The fourth-order valence-corrected chi connectivity index (χ4v) is 2.99. The van der Waals surface area contributed by atoms with E-state index in [1.54, 1.807) is 29.2 Å². The van der Waals surface area contributed by atoms with Crippen molar-refractivity contribution < 1.29 is 9.90 Å². The van der Waals surface area contributed by atoms with Crippen LogP contribution in [0.25, 0.3) is 10.8 Å². The van der Waals surface area contributed by atoms with Crippen molar-refractivity contribution in [2.24, 2.45) is 0 Å². The van der Waals surface area contributed by atoms with E-state index in [9.17, 15) is 14.7 Å². The van der Waals surface area contributed by atoms with Gasteiger partial charge in [-0.25, -0.2) is 5.10 Å². The molecule has 0 spiro atoms. The molecule has 3 rings (SSSR count). The molecule has 1 atom stereocenters. The SMILES string of the molecule is CCC(O)CN1CCN(C(=O)c2n[nH]c(=O)c3ccccc23)CC1. The molecule has 0 bridgehead atoms. The summed E-state index contributed by atoms with van der Waals surface area (Å²) in [7, 11) is 0. The quantitative estimate of drug-likeness (QED) is 0.850. The molecule has 7 nitrogen and oxygen atoms in total. The topological polar surface area (TPSA) is 89.5 Å². The van der Waals surface area contributed by atoms with Gasteiger partial charge in [0.2, 0.25) is 0 Å². The minimum absolute atomic E-state index is 0.168. The number of nitrogens with one attached hydrogen (secondary N) is 1. The first kappa shape index (κ1) is 16.6. The summed E-state index contributed by atoms with van der Waals surface area (Å²) in [6.07, 6.45) is 0.406. The monoisotopic (exact) mass is 330 g/mol. The van der Waals surface area contributed by atoms with E-state index >= 15 is 0 Å². The number of aliphatic hydroxyl groups is 1. The molecule has 0 radical (unpaired) electrons. The summed E-state index contributed by atoms with van der Waals surface area (Å²) in [5, 5.41) is 17.2. The number of nitrogens with zero attached hydrogens (tertiary/aromatic N) is 3. The first-order valence-corrected chi connectivity index (χ1v) is 8.27. The lowest BCUT2D eigenvalue weighted by atomic mass is 10.1. The fourth-order valence-electron chi connectivity index (χ4n) is 2.99. The molecule has 24 heavy (non-hydrogen) atoms. The Bertz CT molecular complexity index is 781. The Balaban J connectivity index is 1.75. The Morgan fingerprint density at radius 2 is 1.92 bits per heavy atom. The number of hydrogen-bond acceptors (Lipinski definition) is 5. The van der Waals surface area contributed by atoms with Gasteiger partial charge < -0.3 is 10.0 Å². The predicted molar refractivity (Wildman–Crippen MR) is 91.0 cm³/mol. The molecule has 1 unspecified atom stereocenters. The van der Waals surface area contributed by atoms with E-state index in [4.69, 9.17) is 0 Å². The van der Waals surface area contributed by atoms with E-state index in [1.165, 1.54) is 0 Å². The van der Waals surface area contributed by atoms with E-state index in [2.05, 4.69) is 15.1 Å². The third-order valence-electron chi connectivity index (χ3n) is 4.50. The van der Waals surface area contributed by atoms with Crippen molar-refractivity contribution in [1.82, 2.24) is 20.0 Å². The highest BCUT2D eigenvalue weighted by atomic mass is 16.3. The van der Waals surface area contributed by atoms with Gasteiger partial charge in [-0.05, 0) is 12.5 Å². The van der Waals surface area contributed by atoms with Crippen molar-refractivity contribution in [1.29, 1.82) is 0 Å². The van der Waals surface area contributed by atoms with Crippen LogP contribution in [0.1, 0.15) is 23.8 Å². The van der Waals surface area contributed by atoms with Crippen LogP contribution in [0.4, 0.5) is 0 Å². The second-order valence-electron chi connectivity index (χ2n) is 6.10. The van der Waals surface area contributed by atoms with E-state index in [0.717, 1.165) is 19.5 Å². The van der Waals surface area contributed by atoms with Crippen molar-refractivity contribution in [2.75, 3.05) is 32.7 Å². The molecule has 7 heteroatoms. The molecule has 1 aromatic heterocycles. The second kappa shape index (κ2) is 7.11. The van der Waals surface area contributed by atoms with Crippen LogP contribution in [0.5, 0.6) is 0 Å². The third kappa shape index (κ3) is 3.32. The molecule has 2 aromatic rings. The smallest absolute Gasteiger partial charge is 0.275 e. The number of amides is 1. The average molecular weight is 330 g/mol. The molecular weight excluding hydrogens is 308 g/mol. The highest BCUT2D eigenvalue weighted by Gasteiger charge is 2.25. The number of fused-ring (bicyclic) bond motifs is 1. The number of β-amino-alcohol motifs (C(OH)–C–C–N with tert-alkyl or cyclic N) is 1. The van der Waals surface area contributed by atoms with Gasteiger partial charge in [-0.1, -0.05) is 25.1 Å². The summed E-state index contributed by atoms with van der Waals surface area (Å²) < 4.78 is 0. The molecule has 0 aliphatic carbocycles. The third-order valence-corrected chi connectivity index (χ3v) is 4.50. The first-order valence-electron chi connectivity index (χ1n) is 8.27. The Morgan fingerprint density at radius 3 is 2.58 bits per heavy atom. The number of H-pyrrole nitrogens is 1. The minimum Gasteiger partial charge on any atom is -0.392 e. The number of piperazine rings is 1. The van der Waals surface area contributed by atoms with E-state index < -0.39 is 0 Å². The summed E-state index contributed by atoms with van der Waals surface area (Å²) in [5.74, 6) is -0.168. The van der Waals surface area contributed by atoms with Gasteiger partial charge in [0.05, 0.1) is 11.5 Å². The van der Waals surface area contributed by atoms with Crippen LogP contribution in [-0.4, -0.2) is 69.8 Å². The van der Waals surface area contributed by atoms with Crippen molar-refractivity contribution in [3.05, 3.63) is 40.3 Å². The number of carbonyl (C=O) groups is 1. The molecule has 1 aliphatic heterocycles. The average Bonchev–Trinajstić information content (AvgIpc) is 2.62. The highest BCUT2D eigenvalue weighted by Crippen LogP contribution is 2.15. The molecule has 1 saturated heterocycles. The fraction of sp³-hybridized carbons (Fsp3) is 0.471. The van der Waals surface area contributed by atoms with Gasteiger partial charge in [0.25, 0.3) is 11.5 Å². The molecule has 1 aliphatic rings. The Hall–Kier alpha value is -2.25. The molecule has 1 fully saturated rings. The van der Waals surface area contributed by atoms with Crippen LogP contribution in [0, 0.1) is 0 Å². The van der Waals surface area contributed by atoms with Crippen LogP contribution in [0.15, 0.2) is 29.1 Å². The van der Waals surface area contributed by atoms with E-state index in [-0.39, 0.29) is 23.3 Å². The summed E-state index contributed by atoms with van der Waals surface area (Å²) in [5.41, 5.74) is -0.00670. The van der Waals surface area contributed by atoms with Gasteiger partial charge in [-0.15, -0.1) is 0 Å².